The van der Waals surface area contributed by atoms with Gasteiger partial charge < -0.3 is 5.73 Å². The zero-order chi connectivity index (χ0) is 10.6. The van der Waals surface area contributed by atoms with Crippen LogP contribution < -0.4 is 5.73 Å². The highest BCUT2D eigenvalue weighted by atomic mass is 32.2. The molecule has 1 heterocycles. The molecule has 0 aliphatic carbocycles. The average molecular weight is 210 g/mol. The maximum absolute atomic E-state index is 5.74. The van der Waals surface area contributed by atoms with Crippen molar-refractivity contribution in [3.05, 3.63) is 23.9 Å². The Hall–Kier alpha value is -0.540. The summed E-state index contributed by atoms with van der Waals surface area (Å²) in [6.07, 6.45) is 3.04. The molecule has 1 rings (SSSR count). The van der Waals surface area contributed by atoms with Crippen molar-refractivity contribution in [2.45, 2.75) is 43.5 Å². The molecule has 0 saturated carbocycles. The number of nitrogens with two attached hydrogens (primary N) is 1. The van der Waals surface area contributed by atoms with Crippen molar-refractivity contribution in [2.75, 3.05) is 0 Å². The quantitative estimate of drug-likeness (QED) is 0.776. The molecule has 0 aliphatic rings. The molecule has 0 aliphatic heterocycles. The molecule has 2 atom stereocenters. The summed E-state index contributed by atoms with van der Waals surface area (Å²) >= 11 is 1.81. The Bertz CT molecular complexity index is 269. The van der Waals surface area contributed by atoms with E-state index in [0.717, 1.165) is 10.6 Å². The summed E-state index contributed by atoms with van der Waals surface area (Å²) in [5.74, 6) is 0. The molecule has 0 radical (unpaired) electrons. The molecule has 0 bridgehead atoms. The Morgan fingerprint density at radius 2 is 2.14 bits per heavy atom. The second-order valence-electron chi connectivity index (χ2n) is 3.56. The molecule has 78 valence electrons. The zero-order valence-corrected chi connectivity index (χ0v) is 9.84. The largest absolute Gasteiger partial charge is 0.324 e. The topological polar surface area (TPSA) is 38.9 Å². The fourth-order valence-electron chi connectivity index (χ4n) is 1.02. The van der Waals surface area contributed by atoms with Crippen LogP contribution in [0.4, 0.5) is 0 Å². The standard InChI is InChI=1S/C11H18N2S/c1-4-8(2)14-11-6-5-10(7-13-11)9(3)12/h5-9H,4,12H2,1-3H3. The van der Waals surface area contributed by atoms with E-state index in [0.29, 0.717) is 5.25 Å². The predicted octanol–water partition coefficient (Wildman–Crippen LogP) is 2.99. The molecule has 2 nitrogen and oxygen atoms in total. The average Bonchev–Trinajstić information content (AvgIpc) is 2.18. The van der Waals surface area contributed by atoms with E-state index in [1.54, 1.807) is 0 Å². The van der Waals surface area contributed by atoms with Gasteiger partial charge in [0.2, 0.25) is 0 Å². The van der Waals surface area contributed by atoms with Gasteiger partial charge in [-0.2, -0.15) is 0 Å². The lowest BCUT2D eigenvalue weighted by Crippen LogP contribution is -2.05. The van der Waals surface area contributed by atoms with E-state index >= 15 is 0 Å². The zero-order valence-electron chi connectivity index (χ0n) is 9.03. The summed E-state index contributed by atoms with van der Waals surface area (Å²) in [5, 5.41) is 1.72. The van der Waals surface area contributed by atoms with Gasteiger partial charge in [0, 0.05) is 17.5 Å². The molecule has 0 aromatic carbocycles. The van der Waals surface area contributed by atoms with Crippen molar-refractivity contribution in [3.63, 3.8) is 0 Å². The maximum Gasteiger partial charge on any atom is 0.0962 e. The fourth-order valence-corrected chi connectivity index (χ4v) is 1.86. The highest BCUT2D eigenvalue weighted by molar-refractivity contribution is 7.99. The number of nitrogens with zero attached hydrogens (tertiary/aromatic N) is 1. The summed E-state index contributed by atoms with van der Waals surface area (Å²) in [7, 11) is 0. The van der Waals surface area contributed by atoms with E-state index in [-0.39, 0.29) is 6.04 Å². The summed E-state index contributed by atoms with van der Waals surface area (Å²) in [6, 6.07) is 4.18. The van der Waals surface area contributed by atoms with Crippen LogP contribution in [-0.2, 0) is 0 Å². The molecule has 1 aromatic rings. The molecule has 2 unspecified atom stereocenters. The molecule has 0 spiro atoms. The summed E-state index contributed by atoms with van der Waals surface area (Å²) in [5.41, 5.74) is 6.84. The number of hydrogen-bond acceptors (Lipinski definition) is 3. The molecular weight excluding hydrogens is 192 g/mol. The number of aromatic nitrogens is 1. The predicted molar refractivity (Wildman–Crippen MR) is 62.4 cm³/mol. The number of thioether (sulfide) groups is 1. The minimum absolute atomic E-state index is 0.0742. The van der Waals surface area contributed by atoms with Gasteiger partial charge in [0.25, 0.3) is 0 Å². The molecular formula is C11H18N2S. The smallest absolute Gasteiger partial charge is 0.0962 e. The van der Waals surface area contributed by atoms with Crippen LogP contribution in [0, 0.1) is 0 Å². The minimum atomic E-state index is 0.0742. The van der Waals surface area contributed by atoms with Crippen molar-refractivity contribution < 1.29 is 0 Å². The van der Waals surface area contributed by atoms with Crippen molar-refractivity contribution in [2.24, 2.45) is 5.73 Å². The lowest BCUT2D eigenvalue weighted by molar-refractivity contribution is 0.805. The van der Waals surface area contributed by atoms with Gasteiger partial charge in [0.1, 0.15) is 0 Å². The van der Waals surface area contributed by atoms with Crippen LogP contribution in [-0.4, -0.2) is 10.2 Å². The second kappa shape index (κ2) is 5.37. The molecule has 1 aromatic heterocycles. The monoisotopic (exact) mass is 210 g/mol. The van der Waals surface area contributed by atoms with Crippen molar-refractivity contribution in [1.82, 2.24) is 4.98 Å². The van der Waals surface area contributed by atoms with Gasteiger partial charge in [-0.15, -0.1) is 11.8 Å². The van der Waals surface area contributed by atoms with E-state index in [9.17, 15) is 0 Å². The van der Waals surface area contributed by atoms with Gasteiger partial charge in [-0.25, -0.2) is 4.98 Å². The van der Waals surface area contributed by atoms with Crippen LogP contribution in [0.25, 0.3) is 0 Å². The van der Waals surface area contributed by atoms with Crippen molar-refractivity contribution >= 4 is 11.8 Å². The third-order valence-corrected chi connectivity index (χ3v) is 3.40. The molecule has 0 saturated heterocycles. The van der Waals surface area contributed by atoms with Gasteiger partial charge in [-0.3, -0.25) is 0 Å². The lowest BCUT2D eigenvalue weighted by Gasteiger charge is -2.09. The van der Waals surface area contributed by atoms with Crippen molar-refractivity contribution in [1.29, 1.82) is 0 Å². The first kappa shape index (κ1) is 11.5. The van der Waals surface area contributed by atoms with E-state index in [1.165, 1.54) is 6.42 Å². The summed E-state index contributed by atoms with van der Waals surface area (Å²) in [4.78, 5) is 4.37. The van der Waals surface area contributed by atoms with E-state index in [2.05, 4.69) is 31.0 Å². The highest BCUT2D eigenvalue weighted by Crippen LogP contribution is 2.23. The molecule has 3 heteroatoms. The van der Waals surface area contributed by atoms with Crippen LogP contribution in [0.15, 0.2) is 23.4 Å². The first-order valence-electron chi connectivity index (χ1n) is 5.01. The first-order valence-corrected chi connectivity index (χ1v) is 5.89. The summed E-state index contributed by atoms with van der Waals surface area (Å²) in [6.45, 7) is 6.37. The number of pyridine rings is 1. The molecule has 0 fully saturated rings. The van der Waals surface area contributed by atoms with Gasteiger partial charge in [-0.1, -0.05) is 19.9 Å². The maximum atomic E-state index is 5.74. The third-order valence-electron chi connectivity index (χ3n) is 2.18. The second-order valence-corrected chi connectivity index (χ2v) is 5.01. The molecule has 2 N–H and O–H groups in total. The first-order chi connectivity index (χ1) is 6.63. The van der Waals surface area contributed by atoms with Crippen molar-refractivity contribution in [3.8, 4) is 0 Å². The highest BCUT2D eigenvalue weighted by Gasteiger charge is 2.04. The summed E-state index contributed by atoms with van der Waals surface area (Å²) < 4.78 is 0. The van der Waals surface area contributed by atoms with Crippen LogP contribution in [0.3, 0.4) is 0 Å². The fraction of sp³-hybridized carbons (Fsp3) is 0.545. The van der Waals surface area contributed by atoms with Crippen LogP contribution >= 0.6 is 11.8 Å². The van der Waals surface area contributed by atoms with Gasteiger partial charge >= 0.3 is 0 Å². The van der Waals surface area contributed by atoms with E-state index < -0.39 is 0 Å². The van der Waals surface area contributed by atoms with Crippen LogP contribution in [0.1, 0.15) is 38.8 Å². The van der Waals surface area contributed by atoms with Crippen LogP contribution in [0.2, 0.25) is 0 Å². The Morgan fingerprint density at radius 1 is 1.43 bits per heavy atom. The Morgan fingerprint density at radius 3 is 2.57 bits per heavy atom. The Balaban J connectivity index is 2.64. The van der Waals surface area contributed by atoms with Crippen LogP contribution in [0.5, 0.6) is 0 Å². The van der Waals surface area contributed by atoms with Gasteiger partial charge in [0.05, 0.1) is 5.03 Å². The lowest BCUT2D eigenvalue weighted by atomic mass is 10.2. The van der Waals surface area contributed by atoms with Gasteiger partial charge in [-0.05, 0) is 25.0 Å². The molecule has 14 heavy (non-hydrogen) atoms. The SMILES string of the molecule is CCC(C)Sc1ccc(C(C)N)cn1. The number of rotatable bonds is 4. The Kier molecular flexibility index (Phi) is 4.42. The Labute approximate surface area is 90.3 Å². The molecule has 0 amide bonds. The van der Waals surface area contributed by atoms with Gasteiger partial charge in [0.15, 0.2) is 0 Å². The third kappa shape index (κ3) is 3.31. The normalized spacial score (nSPS) is 15.1. The van der Waals surface area contributed by atoms with E-state index in [1.807, 2.05) is 24.9 Å². The number of hydrogen-bond donors (Lipinski definition) is 1. The minimum Gasteiger partial charge on any atom is -0.324 e. The van der Waals surface area contributed by atoms with E-state index in [4.69, 9.17) is 5.73 Å².